The Morgan fingerprint density at radius 2 is 1.73 bits per heavy atom. The van der Waals surface area contributed by atoms with Crippen molar-refractivity contribution in [1.82, 2.24) is 4.98 Å². The number of aromatic nitrogens is 1. The summed E-state index contributed by atoms with van der Waals surface area (Å²) in [4.78, 5) is 27.9. The Kier molecular flexibility index (Phi) is 4.91. The molecule has 0 aliphatic heterocycles. The lowest BCUT2D eigenvalue weighted by Gasteiger charge is -2.14. The molecule has 0 N–H and O–H groups in total. The van der Waals surface area contributed by atoms with Crippen molar-refractivity contribution in [2.24, 2.45) is 0 Å². The van der Waals surface area contributed by atoms with Crippen LogP contribution >= 0.6 is 11.3 Å². The van der Waals surface area contributed by atoms with Gasteiger partial charge in [-0.3, -0.25) is 9.59 Å². The summed E-state index contributed by atoms with van der Waals surface area (Å²) in [6.45, 7) is 7.90. The number of nitrogens with zero attached hydrogens (tertiary/aromatic N) is 1. The molecule has 0 aliphatic carbocycles. The summed E-state index contributed by atoms with van der Waals surface area (Å²) in [7, 11) is 0. The lowest BCUT2D eigenvalue weighted by molar-refractivity contribution is -0.116. The van der Waals surface area contributed by atoms with E-state index in [1.165, 1.54) is 11.3 Å². The highest BCUT2D eigenvalue weighted by Crippen LogP contribution is 2.24. The number of ketones is 2. The van der Waals surface area contributed by atoms with Crippen molar-refractivity contribution in [3.05, 3.63) is 51.5 Å². The third kappa shape index (κ3) is 4.34. The molecule has 0 saturated heterocycles. The van der Waals surface area contributed by atoms with E-state index < -0.39 is 0 Å². The molecule has 116 valence electrons. The van der Waals surface area contributed by atoms with Crippen LogP contribution in [0.4, 0.5) is 0 Å². The Morgan fingerprint density at radius 1 is 1.09 bits per heavy atom. The Bertz CT molecular complexity index is 678. The van der Waals surface area contributed by atoms with Gasteiger partial charge in [0.15, 0.2) is 5.78 Å². The predicted molar refractivity (Wildman–Crippen MR) is 89.7 cm³/mol. The fraction of sp³-hybridized carbons (Fsp3) is 0.389. The van der Waals surface area contributed by atoms with Crippen LogP contribution in [0.5, 0.6) is 0 Å². The molecule has 2 rings (SSSR count). The minimum atomic E-state index is 0.00609. The monoisotopic (exact) mass is 315 g/mol. The van der Waals surface area contributed by atoms with E-state index in [9.17, 15) is 9.59 Å². The summed E-state index contributed by atoms with van der Waals surface area (Å²) in [5.41, 5.74) is 2.64. The molecule has 0 aliphatic rings. The molecule has 2 aromatic rings. The van der Waals surface area contributed by atoms with Gasteiger partial charge in [0.25, 0.3) is 0 Å². The summed E-state index contributed by atoms with van der Waals surface area (Å²) in [6, 6.07) is 7.27. The Hall–Kier alpha value is -1.81. The van der Waals surface area contributed by atoms with E-state index in [1.807, 2.05) is 17.5 Å². The minimum Gasteiger partial charge on any atom is -0.300 e. The van der Waals surface area contributed by atoms with Gasteiger partial charge in [0, 0.05) is 22.8 Å². The summed E-state index contributed by atoms with van der Waals surface area (Å²) in [5, 5.41) is 2.88. The predicted octanol–water partition coefficient (Wildman–Crippen LogP) is 4.00. The highest BCUT2D eigenvalue weighted by atomic mass is 32.1. The molecule has 1 aromatic carbocycles. The molecule has 0 radical (unpaired) electrons. The SMILES string of the molecule is CC(=O)Cc1ccc(C(=O)Cc2nc(C(C)(C)C)cs2)cc1. The van der Waals surface area contributed by atoms with Crippen LogP contribution in [0.3, 0.4) is 0 Å². The minimum absolute atomic E-state index is 0.00609. The Labute approximate surface area is 135 Å². The first-order chi connectivity index (χ1) is 10.3. The van der Waals surface area contributed by atoms with Crippen molar-refractivity contribution in [2.75, 3.05) is 0 Å². The lowest BCUT2D eigenvalue weighted by atomic mass is 9.93. The zero-order chi connectivity index (χ0) is 16.3. The molecule has 0 spiro atoms. The first kappa shape index (κ1) is 16.6. The molecule has 0 unspecified atom stereocenters. The maximum Gasteiger partial charge on any atom is 0.169 e. The van der Waals surface area contributed by atoms with E-state index in [-0.39, 0.29) is 17.0 Å². The molecular formula is C18H21NO2S. The van der Waals surface area contributed by atoms with Crippen molar-refractivity contribution in [1.29, 1.82) is 0 Å². The van der Waals surface area contributed by atoms with Crippen LogP contribution in [0, 0.1) is 0 Å². The molecule has 3 nitrogen and oxygen atoms in total. The number of rotatable bonds is 5. The molecule has 0 saturated carbocycles. The Morgan fingerprint density at radius 3 is 2.23 bits per heavy atom. The maximum absolute atomic E-state index is 12.3. The fourth-order valence-electron chi connectivity index (χ4n) is 2.07. The maximum atomic E-state index is 12.3. The van der Waals surface area contributed by atoms with Crippen LogP contribution < -0.4 is 0 Å². The van der Waals surface area contributed by atoms with Crippen LogP contribution in [0.25, 0.3) is 0 Å². The van der Waals surface area contributed by atoms with E-state index in [0.29, 0.717) is 18.4 Å². The third-order valence-corrected chi connectivity index (χ3v) is 4.21. The largest absolute Gasteiger partial charge is 0.300 e. The molecule has 0 fully saturated rings. The van der Waals surface area contributed by atoms with E-state index >= 15 is 0 Å². The van der Waals surface area contributed by atoms with Crippen LogP contribution in [0.1, 0.15) is 54.3 Å². The quantitative estimate of drug-likeness (QED) is 0.784. The third-order valence-electron chi connectivity index (χ3n) is 3.36. The summed E-state index contributed by atoms with van der Waals surface area (Å²) in [6.07, 6.45) is 0.739. The van der Waals surface area contributed by atoms with Crippen molar-refractivity contribution in [3.8, 4) is 0 Å². The number of hydrogen-bond acceptors (Lipinski definition) is 4. The fourth-order valence-corrected chi connectivity index (χ4v) is 3.09. The highest BCUT2D eigenvalue weighted by molar-refractivity contribution is 7.09. The van der Waals surface area contributed by atoms with Gasteiger partial charge < -0.3 is 0 Å². The second kappa shape index (κ2) is 6.53. The number of benzene rings is 1. The lowest BCUT2D eigenvalue weighted by Crippen LogP contribution is -2.12. The number of Topliss-reactive ketones (excluding diaryl/α,β-unsaturated/α-hetero) is 2. The molecule has 0 bridgehead atoms. The number of carbonyl (C=O) groups is 2. The normalized spacial score (nSPS) is 11.5. The molecule has 0 atom stereocenters. The van der Waals surface area contributed by atoms with Crippen LogP contribution in [0.15, 0.2) is 29.6 Å². The second-order valence-corrected chi connectivity index (χ2v) is 7.49. The number of thiazole rings is 1. The average Bonchev–Trinajstić information content (AvgIpc) is 2.87. The first-order valence-electron chi connectivity index (χ1n) is 7.32. The first-order valence-corrected chi connectivity index (χ1v) is 8.20. The van der Waals surface area contributed by atoms with Gasteiger partial charge in [-0.1, -0.05) is 45.0 Å². The van der Waals surface area contributed by atoms with Crippen LogP contribution in [0.2, 0.25) is 0 Å². The van der Waals surface area contributed by atoms with Crippen LogP contribution in [-0.2, 0) is 23.1 Å². The van der Waals surface area contributed by atoms with E-state index in [1.54, 1.807) is 19.1 Å². The molecule has 1 aromatic heterocycles. The van der Waals surface area contributed by atoms with Gasteiger partial charge >= 0.3 is 0 Å². The molecule has 22 heavy (non-hydrogen) atoms. The van der Waals surface area contributed by atoms with Crippen molar-refractivity contribution in [3.63, 3.8) is 0 Å². The Balaban J connectivity index is 2.06. The van der Waals surface area contributed by atoms with Gasteiger partial charge in [0.1, 0.15) is 10.8 Å². The topological polar surface area (TPSA) is 47.0 Å². The summed E-state index contributed by atoms with van der Waals surface area (Å²) < 4.78 is 0. The second-order valence-electron chi connectivity index (χ2n) is 6.55. The van der Waals surface area contributed by atoms with E-state index in [0.717, 1.165) is 16.3 Å². The number of carbonyl (C=O) groups excluding carboxylic acids is 2. The molecule has 1 heterocycles. The zero-order valence-corrected chi connectivity index (χ0v) is 14.3. The van der Waals surface area contributed by atoms with Gasteiger partial charge in [-0.25, -0.2) is 4.98 Å². The van der Waals surface area contributed by atoms with Gasteiger partial charge in [-0.05, 0) is 12.5 Å². The molecular weight excluding hydrogens is 294 g/mol. The molecule has 4 heteroatoms. The standard InChI is InChI=1S/C18H21NO2S/c1-12(20)9-13-5-7-14(8-6-13)15(21)10-17-19-16(11-22-17)18(2,3)4/h5-8,11H,9-10H2,1-4H3. The summed E-state index contributed by atoms with van der Waals surface area (Å²) >= 11 is 1.53. The summed E-state index contributed by atoms with van der Waals surface area (Å²) in [5.74, 6) is 0.181. The van der Waals surface area contributed by atoms with Crippen LogP contribution in [-0.4, -0.2) is 16.6 Å². The van der Waals surface area contributed by atoms with Gasteiger partial charge in [-0.15, -0.1) is 11.3 Å². The van der Waals surface area contributed by atoms with Crippen molar-refractivity contribution in [2.45, 2.75) is 46.0 Å². The van der Waals surface area contributed by atoms with Crippen molar-refractivity contribution >= 4 is 22.9 Å². The van der Waals surface area contributed by atoms with E-state index in [4.69, 9.17) is 0 Å². The number of hydrogen-bond donors (Lipinski definition) is 0. The van der Waals surface area contributed by atoms with E-state index in [2.05, 4.69) is 25.8 Å². The smallest absolute Gasteiger partial charge is 0.169 e. The average molecular weight is 315 g/mol. The van der Waals surface area contributed by atoms with Gasteiger partial charge in [0.05, 0.1) is 12.1 Å². The van der Waals surface area contributed by atoms with Gasteiger partial charge in [-0.2, -0.15) is 0 Å². The highest BCUT2D eigenvalue weighted by Gasteiger charge is 2.18. The van der Waals surface area contributed by atoms with Gasteiger partial charge in [0.2, 0.25) is 0 Å². The molecule has 0 amide bonds. The zero-order valence-electron chi connectivity index (χ0n) is 13.5. The van der Waals surface area contributed by atoms with Crippen molar-refractivity contribution < 1.29 is 9.59 Å².